The molecule has 0 bridgehead atoms. The van der Waals surface area contributed by atoms with Gasteiger partial charge >= 0.3 is 0 Å². The minimum Gasteiger partial charge on any atom is -0.508 e. The van der Waals surface area contributed by atoms with Gasteiger partial charge in [0.05, 0.1) is 15.6 Å². The van der Waals surface area contributed by atoms with Gasteiger partial charge in [-0.15, -0.1) is 0 Å². The van der Waals surface area contributed by atoms with Gasteiger partial charge in [0.25, 0.3) is 11.6 Å². The molecular weight excluding hydrogens is 303 g/mol. The van der Waals surface area contributed by atoms with Crippen molar-refractivity contribution in [3.8, 4) is 5.75 Å². The molecule has 0 radical (unpaired) electrons. The molecular formula is C13H8ClFN2O4. The second-order valence-electron chi connectivity index (χ2n) is 4.04. The minimum absolute atomic E-state index is 0.0499. The van der Waals surface area contributed by atoms with E-state index in [9.17, 15) is 24.4 Å². The lowest BCUT2D eigenvalue weighted by atomic mass is 10.1. The van der Waals surface area contributed by atoms with Crippen LogP contribution in [0.25, 0.3) is 0 Å². The van der Waals surface area contributed by atoms with E-state index in [1.807, 2.05) is 0 Å². The summed E-state index contributed by atoms with van der Waals surface area (Å²) in [5.41, 5.74) is -0.704. The van der Waals surface area contributed by atoms with Crippen molar-refractivity contribution in [3.63, 3.8) is 0 Å². The van der Waals surface area contributed by atoms with Gasteiger partial charge in [0.15, 0.2) is 0 Å². The summed E-state index contributed by atoms with van der Waals surface area (Å²) in [6.07, 6.45) is 0. The molecule has 0 aromatic heterocycles. The van der Waals surface area contributed by atoms with Crippen LogP contribution in [0.4, 0.5) is 15.8 Å². The van der Waals surface area contributed by atoms with E-state index in [0.29, 0.717) is 0 Å². The van der Waals surface area contributed by atoms with Crippen molar-refractivity contribution in [2.75, 3.05) is 5.32 Å². The van der Waals surface area contributed by atoms with Crippen LogP contribution in [0, 0.1) is 15.9 Å². The summed E-state index contributed by atoms with van der Waals surface area (Å²) in [5.74, 6) is -1.72. The normalized spacial score (nSPS) is 10.2. The number of halogens is 2. The fourth-order valence-electron chi connectivity index (χ4n) is 1.65. The number of hydrogen-bond donors (Lipinski definition) is 2. The molecule has 0 spiro atoms. The highest BCUT2D eigenvalue weighted by atomic mass is 35.5. The van der Waals surface area contributed by atoms with E-state index in [0.717, 1.165) is 30.3 Å². The van der Waals surface area contributed by atoms with Crippen LogP contribution in [0.5, 0.6) is 5.75 Å². The number of aromatic hydroxyl groups is 1. The zero-order chi connectivity index (χ0) is 15.6. The van der Waals surface area contributed by atoms with E-state index >= 15 is 0 Å². The SMILES string of the molecule is O=C(Nc1ccc(F)cc1Cl)c1cc(O)ccc1[N+](=O)[O-]. The van der Waals surface area contributed by atoms with Crippen LogP contribution in [0.15, 0.2) is 36.4 Å². The maximum absolute atomic E-state index is 12.9. The molecule has 6 nitrogen and oxygen atoms in total. The van der Waals surface area contributed by atoms with Crippen molar-refractivity contribution in [1.82, 2.24) is 0 Å². The van der Waals surface area contributed by atoms with Gasteiger partial charge in [-0.1, -0.05) is 11.6 Å². The number of nitrogens with one attached hydrogen (secondary N) is 1. The lowest BCUT2D eigenvalue weighted by Gasteiger charge is -2.08. The van der Waals surface area contributed by atoms with Gasteiger partial charge < -0.3 is 10.4 Å². The van der Waals surface area contributed by atoms with Gasteiger partial charge in [-0.25, -0.2) is 4.39 Å². The molecule has 0 fully saturated rings. The Morgan fingerprint density at radius 2 is 2.00 bits per heavy atom. The molecule has 108 valence electrons. The Kier molecular flexibility index (Phi) is 4.04. The average molecular weight is 311 g/mol. The molecule has 0 saturated carbocycles. The summed E-state index contributed by atoms with van der Waals surface area (Å²) in [6, 6.07) is 6.37. The maximum atomic E-state index is 12.9. The van der Waals surface area contributed by atoms with Crippen LogP contribution in [-0.2, 0) is 0 Å². The molecule has 0 aliphatic carbocycles. The monoisotopic (exact) mass is 310 g/mol. The summed E-state index contributed by atoms with van der Waals surface area (Å²) in [5, 5.41) is 22.5. The molecule has 2 aromatic rings. The number of phenolic OH excluding ortho intramolecular Hbond substituents is 1. The summed E-state index contributed by atoms with van der Waals surface area (Å²) >= 11 is 5.76. The molecule has 2 rings (SSSR count). The van der Waals surface area contributed by atoms with E-state index in [2.05, 4.69) is 5.32 Å². The van der Waals surface area contributed by atoms with Crippen molar-refractivity contribution in [3.05, 3.63) is 62.9 Å². The molecule has 0 heterocycles. The Labute approximate surface area is 122 Å². The number of carbonyl (C=O) groups is 1. The average Bonchev–Trinajstić information content (AvgIpc) is 2.41. The number of hydrogen-bond acceptors (Lipinski definition) is 4. The number of nitro benzene ring substituents is 1. The van der Waals surface area contributed by atoms with Crippen LogP contribution >= 0.6 is 11.6 Å². The van der Waals surface area contributed by atoms with Gasteiger partial charge in [-0.3, -0.25) is 14.9 Å². The number of nitrogens with zero attached hydrogens (tertiary/aromatic N) is 1. The Hall–Kier alpha value is -2.67. The van der Waals surface area contributed by atoms with E-state index in [4.69, 9.17) is 11.6 Å². The third-order valence-electron chi connectivity index (χ3n) is 2.60. The summed E-state index contributed by atoms with van der Waals surface area (Å²) in [7, 11) is 0. The quantitative estimate of drug-likeness (QED) is 0.671. The number of phenols is 1. The molecule has 1 amide bonds. The largest absolute Gasteiger partial charge is 0.508 e. The van der Waals surface area contributed by atoms with Gasteiger partial charge in [0, 0.05) is 6.07 Å². The molecule has 2 N–H and O–H groups in total. The van der Waals surface area contributed by atoms with Crippen LogP contribution < -0.4 is 5.32 Å². The third kappa shape index (κ3) is 3.26. The van der Waals surface area contributed by atoms with E-state index < -0.39 is 22.3 Å². The number of anilines is 1. The fourth-order valence-corrected chi connectivity index (χ4v) is 1.86. The van der Waals surface area contributed by atoms with Crippen LogP contribution in [0.3, 0.4) is 0 Å². The topological polar surface area (TPSA) is 92.5 Å². The molecule has 0 unspecified atom stereocenters. The molecule has 0 aliphatic rings. The number of carbonyl (C=O) groups excluding carboxylic acids is 1. The third-order valence-corrected chi connectivity index (χ3v) is 2.91. The molecule has 21 heavy (non-hydrogen) atoms. The van der Waals surface area contributed by atoms with Crippen molar-refractivity contribution in [2.24, 2.45) is 0 Å². The molecule has 2 aromatic carbocycles. The van der Waals surface area contributed by atoms with Crippen molar-refractivity contribution in [1.29, 1.82) is 0 Å². The maximum Gasteiger partial charge on any atom is 0.282 e. The van der Waals surface area contributed by atoms with Crippen molar-refractivity contribution in [2.45, 2.75) is 0 Å². The van der Waals surface area contributed by atoms with Crippen molar-refractivity contribution >= 4 is 28.9 Å². The molecule has 0 atom stereocenters. The van der Waals surface area contributed by atoms with Gasteiger partial charge in [-0.05, 0) is 30.3 Å². The first-order chi connectivity index (χ1) is 9.88. The number of benzene rings is 2. The molecule has 8 heteroatoms. The predicted octanol–water partition coefficient (Wildman–Crippen LogP) is 3.35. The van der Waals surface area contributed by atoms with Gasteiger partial charge in [0.1, 0.15) is 17.1 Å². The van der Waals surface area contributed by atoms with Gasteiger partial charge in [0.2, 0.25) is 0 Å². The van der Waals surface area contributed by atoms with Crippen LogP contribution in [0.2, 0.25) is 5.02 Å². The summed E-state index contributed by atoms with van der Waals surface area (Å²) < 4.78 is 12.9. The zero-order valence-electron chi connectivity index (χ0n) is 10.3. The number of amides is 1. The second-order valence-corrected chi connectivity index (χ2v) is 4.44. The van der Waals surface area contributed by atoms with E-state index in [1.165, 1.54) is 6.07 Å². The minimum atomic E-state index is -0.842. The highest BCUT2D eigenvalue weighted by Gasteiger charge is 2.21. The lowest BCUT2D eigenvalue weighted by molar-refractivity contribution is -0.385. The van der Waals surface area contributed by atoms with Crippen LogP contribution in [-0.4, -0.2) is 15.9 Å². The molecule has 0 aliphatic heterocycles. The standard InChI is InChI=1S/C13H8ClFN2O4/c14-10-5-7(15)1-3-11(10)16-13(19)9-6-8(18)2-4-12(9)17(20)21/h1-6,18H,(H,16,19). The molecule has 0 saturated heterocycles. The first-order valence-electron chi connectivity index (χ1n) is 5.62. The van der Waals surface area contributed by atoms with E-state index in [1.54, 1.807) is 0 Å². The first kappa shape index (κ1) is 14.7. The lowest BCUT2D eigenvalue weighted by Crippen LogP contribution is -2.14. The number of nitro groups is 1. The summed E-state index contributed by atoms with van der Waals surface area (Å²) in [6.45, 7) is 0. The van der Waals surface area contributed by atoms with E-state index in [-0.39, 0.29) is 22.0 Å². The van der Waals surface area contributed by atoms with Gasteiger partial charge in [-0.2, -0.15) is 0 Å². The zero-order valence-corrected chi connectivity index (χ0v) is 11.1. The predicted molar refractivity (Wildman–Crippen MR) is 74.1 cm³/mol. The van der Waals surface area contributed by atoms with Crippen molar-refractivity contribution < 1.29 is 19.2 Å². The first-order valence-corrected chi connectivity index (χ1v) is 6.00. The highest BCUT2D eigenvalue weighted by Crippen LogP contribution is 2.27. The smallest absolute Gasteiger partial charge is 0.282 e. The highest BCUT2D eigenvalue weighted by molar-refractivity contribution is 6.34. The Balaban J connectivity index is 2.36. The Morgan fingerprint density at radius 3 is 2.62 bits per heavy atom. The Morgan fingerprint density at radius 1 is 1.29 bits per heavy atom. The van der Waals surface area contributed by atoms with Crippen LogP contribution in [0.1, 0.15) is 10.4 Å². The second kappa shape index (κ2) is 5.76. The number of rotatable bonds is 3. The fraction of sp³-hybridized carbons (Fsp3) is 0. The summed E-state index contributed by atoms with van der Waals surface area (Å²) in [4.78, 5) is 22.2. The Bertz CT molecular complexity index is 736.